The molecule has 1 heterocycles. The van der Waals surface area contributed by atoms with Gasteiger partial charge in [-0.25, -0.2) is 4.98 Å². The average Bonchev–Trinajstić information content (AvgIpc) is 2.28. The fraction of sp³-hybridized carbons (Fsp3) is 0.333. The third-order valence-electron chi connectivity index (χ3n) is 1.88. The van der Waals surface area contributed by atoms with Gasteiger partial charge in [-0.15, -0.1) is 6.58 Å². The topological polar surface area (TPSA) is 90.2 Å². The SMILES string of the molecule is C=CC(C)Nc1ncnc(OC)c1[N+](=O)[O-]. The molecule has 1 N–H and O–H groups in total. The molecule has 0 saturated carbocycles. The van der Waals surface area contributed by atoms with Crippen molar-refractivity contribution in [3.05, 3.63) is 29.1 Å². The van der Waals surface area contributed by atoms with Crippen molar-refractivity contribution in [1.29, 1.82) is 0 Å². The number of rotatable bonds is 5. The molecule has 7 nitrogen and oxygen atoms in total. The van der Waals surface area contributed by atoms with Gasteiger partial charge in [-0.05, 0) is 6.92 Å². The van der Waals surface area contributed by atoms with E-state index in [4.69, 9.17) is 4.74 Å². The minimum atomic E-state index is -0.586. The maximum Gasteiger partial charge on any atom is 0.372 e. The maximum absolute atomic E-state index is 10.9. The van der Waals surface area contributed by atoms with Crippen molar-refractivity contribution in [1.82, 2.24) is 9.97 Å². The minimum Gasteiger partial charge on any atom is -0.476 e. The normalized spacial score (nSPS) is 11.6. The Bertz CT molecular complexity index is 408. The van der Waals surface area contributed by atoms with E-state index in [9.17, 15) is 10.1 Å². The number of aromatic nitrogens is 2. The summed E-state index contributed by atoms with van der Waals surface area (Å²) in [5.41, 5.74) is -0.279. The molecule has 16 heavy (non-hydrogen) atoms. The fourth-order valence-corrected chi connectivity index (χ4v) is 1.06. The second kappa shape index (κ2) is 5.06. The van der Waals surface area contributed by atoms with E-state index in [1.165, 1.54) is 13.4 Å². The van der Waals surface area contributed by atoms with E-state index in [0.29, 0.717) is 0 Å². The summed E-state index contributed by atoms with van der Waals surface area (Å²) in [4.78, 5) is 17.7. The quantitative estimate of drug-likeness (QED) is 0.461. The Kier molecular flexibility index (Phi) is 3.76. The Labute approximate surface area is 92.3 Å². The highest BCUT2D eigenvalue weighted by Crippen LogP contribution is 2.30. The van der Waals surface area contributed by atoms with Crippen LogP contribution in [-0.4, -0.2) is 28.0 Å². The molecule has 0 saturated heterocycles. The summed E-state index contributed by atoms with van der Waals surface area (Å²) in [7, 11) is 1.32. The van der Waals surface area contributed by atoms with Crippen molar-refractivity contribution < 1.29 is 9.66 Å². The van der Waals surface area contributed by atoms with E-state index < -0.39 is 4.92 Å². The third-order valence-corrected chi connectivity index (χ3v) is 1.88. The lowest BCUT2D eigenvalue weighted by Gasteiger charge is -2.10. The van der Waals surface area contributed by atoms with E-state index in [2.05, 4.69) is 21.9 Å². The lowest BCUT2D eigenvalue weighted by atomic mass is 10.3. The molecule has 0 bridgehead atoms. The molecule has 0 fully saturated rings. The summed E-state index contributed by atoms with van der Waals surface area (Å²) >= 11 is 0. The zero-order valence-corrected chi connectivity index (χ0v) is 9.01. The van der Waals surface area contributed by atoms with Gasteiger partial charge in [0.25, 0.3) is 5.88 Å². The van der Waals surface area contributed by atoms with Crippen LogP contribution in [-0.2, 0) is 0 Å². The molecule has 0 aromatic carbocycles. The van der Waals surface area contributed by atoms with E-state index in [1.54, 1.807) is 13.0 Å². The minimum absolute atomic E-state index is 0.0706. The van der Waals surface area contributed by atoms with Crippen LogP contribution in [0, 0.1) is 10.1 Å². The number of hydrogen-bond acceptors (Lipinski definition) is 6. The van der Waals surface area contributed by atoms with Crippen LogP contribution in [0.25, 0.3) is 0 Å². The highest BCUT2D eigenvalue weighted by molar-refractivity contribution is 5.61. The van der Waals surface area contributed by atoms with Gasteiger partial charge in [-0.2, -0.15) is 4.98 Å². The summed E-state index contributed by atoms with van der Waals surface area (Å²) in [6, 6.07) is -0.140. The zero-order valence-electron chi connectivity index (χ0n) is 9.01. The van der Waals surface area contributed by atoms with Gasteiger partial charge in [0, 0.05) is 6.04 Å². The van der Waals surface area contributed by atoms with Crippen LogP contribution < -0.4 is 10.1 Å². The van der Waals surface area contributed by atoms with E-state index >= 15 is 0 Å². The van der Waals surface area contributed by atoms with Gasteiger partial charge in [0.2, 0.25) is 5.82 Å². The smallest absolute Gasteiger partial charge is 0.372 e. The fourth-order valence-electron chi connectivity index (χ4n) is 1.06. The van der Waals surface area contributed by atoms with Gasteiger partial charge in [-0.1, -0.05) is 6.08 Å². The molecule has 1 aromatic heterocycles. The molecular formula is C9H12N4O3. The van der Waals surface area contributed by atoms with Crippen molar-refractivity contribution in [3.8, 4) is 5.88 Å². The van der Waals surface area contributed by atoms with Crippen molar-refractivity contribution in [3.63, 3.8) is 0 Å². The molecule has 0 spiro atoms. The van der Waals surface area contributed by atoms with Crippen LogP contribution in [0.5, 0.6) is 5.88 Å². The van der Waals surface area contributed by atoms with Crippen molar-refractivity contribution >= 4 is 11.5 Å². The summed E-state index contributed by atoms with van der Waals surface area (Å²) in [5, 5.41) is 13.7. The van der Waals surface area contributed by atoms with Gasteiger partial charge in [0.15, 0.2) is 0 Å². The van der Waals surface area contributed by atoms with Crippen LogP contribution in [0.2, 0.25) is 0 Å². The number of nitrogens with zero attached hydrogens (tertiary/aromatic N) is 3. The Morgan fingerprint density at radius 1 is 1.69 bits per heavy atom. The first-order valence-corrected chi connectivity index (χ1v) is 4.52. The van der Waals surface area contributed by atoms with Crippen LogP contribution in [0.1, 0.15) is 6.92 Å². The number of nitrogens with one attached hydrogen (secondary N) is 1. The molecule has 0 amide bonds. The summed E-state index contributed by atoms with van der Waals surface area (Å²) in [6.45, 7) is 5.36. The lowest BCUT2D eigenvalue weighted by molar-refractivity contribution is -0.385. The molecule has 1 rings (SSSR count). The average molecular weight is 224 g/mol. The zero-order chi connectivity index (χ0) is 12.1. The number of methoxy groups -OCH3 is 1. The number of anilines is 1. The maximum atomic E-state index is 10.9. The molecule has 1 unspecified atom stereocenters. The first-order chi connectivity index (χ1) is 7.60. The molecule has 1 atom stereocenters. The van der Waals surface area contributed by atoms with Gasteiger partial charge < -0.3 is 10.1 Å². The summed E-state index contributed by atoms with van der Waals surface area (Å²) in [6.07, 6.45) is 2.81. The lowest BCUT2D eigenvalue weighted by Crippen LogP contribution is -2.14. The largest absolute Gasteiger partial charge is 0.476 e. The summed E-state index contributed by atoms with van der Waals surface area (Å²) in [5.74, 6) is 0.0445. The Balaban J connectivity index is 3.16. The number of nitro groups is 1. The second-order valence-electron chi connectivity index (χ2n) is 3.01. The molecular weight excluding hydrogens is 212 g/mol. The third kappa shape index (κ3) is 2.44. The van der Waals surface area contributed by atoms with E-state index in [1.807, 2.05) is 0 Å². The number of hydrogen-bond donors (Lipinski definition) is 1. The second-order valence-corrected chi connectivity index (χ2v) is 3.01. The molecule has 1 aromatic rings. The molecule has 0 aliphatic rings. The molecule has 0 aliphatic heterocycles. The van der Waals surface area contributed by atoms with E-state index in [-0.39, 0.29) is 23.4 Å². The van der Waals surface area contributed by atoms with Crippen LogP contribution in [0.3, 0.4) is 0 Å². The monoisotopic (exact) mass is 224 g/mol. The van der Waals surface area contributed by atoms with Gasteiger partial charge in [0.1, 0.15) is 6.33 Å². The first kappa shape index (κ1) is 11.9. The Morgan fingerprint density at radius 3 is 2.88 bits per heavy atom. The van der Waals surface area contributed by atoms with Crippen molar-refractivity contribution in [2.24, 2.45) is 0 Å². The molecule has 0 aliphatic carbocycles. The van der Waals surface area contributed by atoms with E-state index in [0.717, 1.165) is 0 Å². The Morgan fingerprint density at radius 2 is 2.38 bits per heavy atom. The highest BCUT2D eigenvalue weighted by Gasteiger charge is 2.24. The van der Waals surface area contributed by atoms with Crippen LogP contribution in [0.4, 0.5) is 11.5 Å². The number of ether oxygens (including phenoxy) is 1. The van der Waals surface area contributed by atoms with Crippen molar-refractivity contribution in [2.45, 2.75) is 13.0 Å². The first-order valence-electron chi connectivity index (χ1n) is 4.52. The highest BCUT2D eigenvalue weighted by atomic mass is 16.6. The van der Waals surface area contributed by atoms with Gasteiger partial charge >= 0.3 is 5.69 Å². The molecule has 0 radical (unpaired) electrons. The van der Waals surface area contributed by atoms with Crippen molar-refractivity contribution in [2.75, 3.05) is 12.4 Å². The summed E-state index contributed by atoms with van der Waals surface area (Å²) < 4.78 is 4.80. The standard InChI is InChI=1S/C9H12N4O3/c1-4-6(2)12-8-7(13(14)15)9(16-3)11-5-10-8/h4-6H,1H2,2-3H3,(H,10,11,12). The molecule has 86 valence electrons. The molecule has 7 heteroatoms. The van der Waals surface area contributed by atoms with Crippen LogP contribution in [0.15, 0.2) is 19.0 Å². The van der Waals surface area contributed by atoms with Gasteiger partial charge in [-0.3, -0.25) is 10.1 Å². The predicted molar refractivity (Wildman–Crippen MR) is 58.5 cm³/mol. The Hall–Kier alpha value is -2.18. The van der Waals surface area contributed by atoms with Gasteiger partial charge in [0.05, 0.1) is 12.0 Å². The predicted octanol–water partition coefficient (Wildman–Crippen LogP) is 1.38. The van der Waals surface area contributed by atoms with Crippen LogP contribution >= 0.6 is 0 Å².